The molecule has 52 heavy (non-hydrogen) atoms. The molecule has 1 N–H and O–H groups in total. The zero-order chi connectivity index (χ0) is 42.6. The first-order chi connectivity index (χ1) is 22.0. The third kappa shape index (κ3) is 66.3. The number of carbonyl (C=O) groups is 1. The Balaban J connectivity index is -0.000000133. The van der Waals surface area contributed by atoms with Gasteiger partial charge < -0.3 is 15.0 Å². The predicted molar refractivity (Wildman–Crippen MR) is 196 cm³/mol. The number of halogens is 3. The number of carbonyl (C=O) groups excluding carboxylic acids is 1. The molecular weight excluding hydrogens is 851 g/mol. The van der Waals surface area contributed by atoms with Gasteiger partial charge in [-0.3, -0.25) is 27.4 Å². The fraction of sp³-hybridized carbons (Fsp3) is 0.963. The van der Waals surface area contributed by atoms with Gasteiger partial charge in [-0.25, -0.2) is 13.3 Å². The number of hydrogen-bond donors (Lipinski definition) is 1. The number of phosphoric acid groups is 2. The number of hydrogen-bond acceptors (Lipinski definition) is 16. The van der Waals surface area contributed by atoms with Crippen molar-refractivity contribution < 1.29 is 107 Å². The molecule has 0 radical (unpaired) electrons. The maximum Gasteiger partial charge on any atom is 1.00 e. The molecule has 0 aromatic rings. The molecule has 0 aliphatic rings. The topological polar surface area (TPSA) is 229 Å². The standard InChI is InChI=1S/C9H20ClO4P.C8H19O4P.C8H18O3P.CH2Cl2O3S.CH2O3.Na/c1-8(2,3)13-15(11,12-7-10)14-9(4,5)6;1-7(2,3)11-13(9,10)12-8(4,5)6;1-7(2,3)10-12(9)11-8(4,5)6;2-1-6-7(3,4)5;2-1-4-3;/h7H2,1-6H3;1-6H3,(H,9,10);1-6H3;1H2;1,3H;/q;;+1;;;+1/p-1. The van der Waals surface area contributed by atoms with Gasteiger partial charge in [0.1, 0.15) is 23.3 Å². The molecule has 25 heteroatoms. The molecule has 0 aliphatic carbocycles. The summed E-state index contributed by atoms with van der Waals surface area (Å²) in [7, 11) is -8.87. The van der Waals surface area contributed by atoms with Crippen LogP contribution in [0.2, 0.25) is 0 Å². The van der Waals surface area contributed by atoms with Crippen LogP contribution in [0.3, 0.4) is 0 Å². The van der Waals surface area contributed by atoms with Crippen LogP contribution < -0.4 is 34.8 Å². The fourth-order valence-electron chi connectivity index (χ4n) is 2.03. The molecule has 0 fully saturated rings. The largest absolute Gasteiger partial charge is 1.00 e. The maximum atomic E-state index is 12.1. The van der Waals surface area contributed by atoms with Gasteiger partial charge in [0.25, 0.3) is 6.47 Å². The van der Waals surface area contributed by atoms with Crippen molar-refractivity contribution in [3.05, 3.63) is 0 Å². The summed E-state index contributed by atoms with van der Waals surface area (Å²) in [6.45, 7) is 31.6. The normalized spacial score (nSPS) is 12.8. The van der Waals surface area contributed by atoms with Gasteiger partial charge in [0.05, 0.1) is 22.4 Å². The Bertz CT molecular complexity index is 1110. The Morgan fingerprint density at radius 1 is 0.654 bits per heavy atom. The molecule has 0 saturated heterocycles. The Kier molecular flexibility index (Phi) is 35.1. The van der Waals surface area contributed by atoms with E-state index in [2.05, 4.69) is 19.8 Å². The van der Waals surface area contributed by atoms with Crippen molar-refractivity contribution in [3.63, 3.8) is 0 Å². The zero-order valence-corrected chi connectivity index (χ0v) is 41.6. The number of rotatable bonds is 11. The molecule has 0 amide bonds. The van der Waals surface area contributed by atoms with Crippen molar-refractivity contribution >= 4 is 73.6 Å². The summed E-state index contributed by atoms with van der Waals surface area (Å²) in [5, 5.41) is 8.43. The molecule has 17 nitrogen and oxygen atoms in total. The molecule has 0 aromatic heterocycles. The zero-order valence-electron chi connectivity index (χ0n) is 33.9. The summed E-state index contributed by atoms with van der Waals surface area (Å²) in [6, 6.07) is -0.671. The van der Waals surface area contributed by atoms with Gasteiger partial charge in [0.15, 0.2) is 0 Å². The first kappa shape index (κ1) is 65.3. The van der Waals surface area contributed by atoms with E-state index in [0.29, 0.717) is 0 Å². The molecule has 0 atom stereocenters. The molecule has 0 unspecified atom stereocenters. The average Bonchev–Trinajstić information content (AvgIpc) is 2.70. The minimum atomic E-state index is -3.94. The number of alkyl halides is 2. The third-order valence-corrected chi connectivity index (χ3v) is 8.78. The van der Waals surface area contributed by atoms with Crippen molar-refractivity contribution in [2.45, 2.75) is 158 Å². The van der Waals surface area contributed by atoms with E-state index < -0.39 is 72.9 Å². The first-order valence-electron chi connectivity index (χ1n) is 14.7. The smallest absolute Gasteiger partial charge is 0.662 e. The summed E-state index contributed by atoms with van der Waals surface area (Å²) >= 11 is 10.2. The van der Waals surface area contributed by atoms with Crippen molar-refractivity contribution in [1.29, 1.82) is 0 Å². The van der Waals surface area contributed by atoms with E-state index in [1.165, 1.54) is 0 Å². The van der Waals surface area contributed by atoms with Crippen LogP contribution in [0.15, 0.2) is 0 Å². The SMILES string of the molecule is CC(C)(C)OP(=O)(O)OC(C)(C)C.CC(C)(C)OP(=O)(OCCl)OC(C)(C)C.CC(C)(C)O[P+](=O)OC(C)(C)C.O=CO[O-].O=S(=O)(Cl)OCCl.[Na+]. The Labute approximate surface area is 349 Å². The first-order valence-corrected chi connectivity index (χ1v) is 22.0. The van der Waals surface area contributed by atoms with Crippen LogP contribution >= 0.6 is 57.8 Å². The van der Waals surface area contributed by atoms with Crippen molar-refractivity contribution in [2.24, 2.45) is 0 Å². The van der Waals surface area contributed by atoms with E-state index in [9.17, 15) is 27.0 Å². The summed E-state index contributed by atoms with van der Waals surface area (Å²) in [6.07, 6.45) is 0. The second-order valence-corrected chi connectivity index (χ2v) is 21.6. The minimum Gasteiger partial charge on any atom is -0.662 e. The maximum absolute atomic E-state index is 12.1. The van der Waals surface area contributed by atoms with Crippen LogP contribution in [0.1, 0.15) is 125 Å². The Hall–Kier alpha value is 1.45. The van der Waals surface area contributed by atoms with Crippen LogP contribution in [0, 0.1) is 0 Å². The Morgan fingerprint density at radius 3 is 1.06 bits per heavy atom. The second kappa shape index (κ2) is 28.0. The van der Waals surface area contributed by atoms with E-state index in [1.54, 1.807) is 83.1 Å². The molecule has 0 saturated carbocycles. The molecule has 312 valence electrons. The molecular formula is C27H60Cl3NaO17P3S+. The minimum absolute atomic E-state index is 0. The van der Waals surface area contributed by atoms with Crippen LogP contribution in [0.5, 0.6) is 0 Å². The molecule has 0 spiro atoms. The molecule has 0 aliphatic heterocycles. The van der Waals surface area contributed by atoms with Crippen molar-refractivity contribution in [1.82, 2.24) is 0 Å². The van der Waals surface area contributed by atoms with Crippen LogP contribution in [-0.2, 0) is 68.6 Å². The van der Waals surface area contributed by atoms with Gasteiger partial charge >= 0.3 is 62.8 Å². The van der Waals surface area contributed by atoms with Crippen LogP contribution in [-0.4, -0.2) is 65.5 Å². The van der Waals surface area contributed by atoms with Gasteiger partial charge in [0, 0.05) is 15.2 Å². The van der Waals surface area contributed by atoms with E-state index in [4.69, 9.17) is 64.9 Å². The average molecular weight is 911 g/mol. The molecule has 0 heterocycles. The van der Waals surface area contributed by atoms with Gasteiger partial charge in [-0.05, 0) is 125 Å². The van der Waals surface area contributed by atoms with Gasteiger partial charge in [-0.15, -0.1) is 9.05 Å². The van der Waals surface area contributed by atoms with E-state index in [0.717, 1.165) is 0 Å². The van der Waals surface area contributed by atoms with Crippen LogP contribution in [0.25, 0.3) is 0 Å². The van der Waals surface area contributed by atoms with Gasteiger partial charge in [0.2, 0.25) is 0 Å². The molecule has 0 aromatic carbocycles. The van der Waals surface area contributed by atoms with Gasteiger partial charge in [-0.1, -0.05) is 23.2 Å². The molecule has 0 bridgehead atoms. The second-order valence-electron chi connectivity index (χ2n) is 15.4. The van der Waals surface area contributed by atoms with Crippen molar-refractivity contribution in [3.8, 4) is 0 Å². The quantitative estimate of drug-likeness (QED) is 0.0473. The number of phosphoric ester groups is 2. The summed E-state index contributed by atoms with van der Waals surface area (Å²) < 4.78 is 93.1. The van der Waals surface area contributed by atoms with Gasteiger partial charge in [-0.2, -0.15) is 8.42 Å². The summed E-state index contributed by atoms with van der Waals surface area (Å²) in [5.41, 5.74) is -3.44. The Morgan fingerprint density at radius 2 is 0.923 bits per heavy atom. The summed E-state index contributed by atoms with van der Waals surface area (Å²) in [5.74, 6) is 0. The van der Waals surface area contributed by atoms with Crippen molar-refractivity contribution in [2.75, 3.05) is 12.1 Å². The van der Waals surface area contributed by atoms with E-state index in [1.807, 2.05) is 41.5 Å². The van der Waals surface area contributed by atoms with Crippen LogP contribution in [0.4, 0.5) is 0 Å². The summed E-state index contributed by atoms with van der Waals surface area (Å²) in [4.78, 5) is 20.5. The van der Waals surface area contributed by atoms with E-state index in [-0.39, 0.29) is 42.1 Å². The monoisotopic (exact) mass is 909 g/mol. The molecule has 0 rings (SSSR count). The predicted octanol–water partition coefficient (Wildman–Crippen LogP) is 6.05. The fourth-order valence-corrected chi connectivity index (χ4v) is 7.08. The van der Waals surface area contributed by atoms with E-state index >= 15 is 0 Å². The third-order valence-electron chi connectivity index (χ3n) is 2.68.